The fraction of sp³-hybridized carbons (Fsp3) is 0.389. The molecule has 0 saturated heterocycles. The highest BCUT2D eigenvalue weighted by molar-refractivity contribution is 5.93. The van der Waals surface area contributed by atoms with Crippen LogP contribution in [0.1, 0.15) is 42.7 Å². The molecule has 2 rings (SSSR count). The Hall–Kier alpha value is -2.64. The van der Waals surface area contributed by atoms with Crippen molar-refractivity contribution in [2.24, 2.45) is 0 Å². The molecule has 1 aromatic carbocycles. The van der Waals surface area contributed by atoms with Crippen LogP contribution in [0.25, 0.3) is 0 Å². The van der Waals surface area contributed by atoms with Crippen molar-refractivity contribution in [1.82, 2.24) is 14.9 Å². The fourth-order valence-electron chi connectivity index (χ4n) is 2.45. The number of rotatable bonds is 7. The van der Waals surface area contributed by atoms with Crippen molar-refractivity contribution in [3.63, 3.8) is 0 Å². The molecule has 0 bridgehead atoms. The lowest BCUT2D eigenvalue weighted by Gasteiger charge is -2.21. The molecule has 140 valence electrons. The summed E-state index contributed by atoms with van der Waals surface area (Å²) in [5, 5.41) is 2.89. The van der Waals surface area contributed by atoms with Crippen molar-refractivity contribution in [1.29, 1.82) is 0 Å². The normalized spacial score (nSPS) is 11.3. The molecule has 8 heteroatoms. The average molecular weight is 366 g/mol. The highest BCUT2D eigenvalue weighted by Gasteiger charge is 2.29. The lowest BCUT2D eigenvalue weighted by Crippen LogP contribution is -2.33. The van der Waals surface area contributed by atoms with E-state index >= 15 is 0 Å². The van der Waals surface area contributed by atoms with Crippen LogP contribution in [0.5, 0.6) is 0 Å². The van der Waals surface area contributed by atoms with E-state index < -0.39 is 11.7 Å². The van der Waals surface area contributed by atoms with Gasteiger partial charge in [0, 0.05) is 24.8 Å². The first kappa shape index (κ1) is 19.7. The zero-order chi connectivity index (χ0) is 19.2. The molecule has 0 spiro atoms. The number of halogens is 3. The molecule has 0 unspecified atom stereocenters. The Morgan fingerprint density at radius 3 is 2.23 bits per heavy atom. The topological polar surface area (TPSA) is 58.1 Å². The van der Waals surface area contributed by atoms with E-state index in [1.807, 2.05) is 13.8 Å². The van der Waals surface area contributed by atoms with Crippen LogP contribution in [0.2, 0.25) is 0 Å². The second-order valence-corrected chi connectivity index (χ2v) is 5.78. The molecule has 1 heterocycles. The van der Waals surface area contributed by atoms with Crippen molar-refractivity contribution in [2.75, 3.05) is 18.4 Å². The number of hydrogen-bond acceptors (Lipinski definition) is 4. The molecule has 0 atom stereocenters. The van der Waals surface area contributed by atoms with Gasteiger partial charge >= 0.3 is 6.18 Å². The minimum atomic E-state index is -4.38. The Labute approximate surface area is 150 Å². The number of carbonyl (C=O) groups excluding carboxylic acids is 1. The van der Waals surface area contributed by atoms with Crippen LogP contribution in [0.4, 0.5) is 24.7 Å². The van der Waals surface area contributed by atoms with E-state index in [-0.39, 0.29) is 11.6 Å². The summed E-state index contributed by atoms with van der Waals surface area (Å²) in [7, 11) is 0. The summed E-state index contributed by atoms with van der Waals surface area (Å²) in [6.07, 6.45) is -1.44. The van der Waals surface area contributed by atoms with Gasteiger partial charge in [-0.2, -0.15) is 13.2 Å². The minimum Gasteiger partial charge on any atom is -0.340 e. The molecule has 0 aliphatic carbocycles. The number of carbonyl (C=O) groups is 1. The molecule has 0 fully saturated rings. The van der Waals surface area contributed by atoms with Gasteiger partial charge < -0.3 is 10.2 Å². The lowest BCUT2D eigenvalue weighted by atomic mass is 10.2. The monoisotopic (exact) mass is 366 g/mol. The summed E-state index contributed by atoms with van der Waals surface area (Å²) in [6, 6.07) is 6.09. The number of aromatic nitrogens is 2. The van der Waals surface area contributed by atoms with Crippen LogP contribution < -0.4 is 5.32 Å². The quantitative estimate of drug-likeness (QED) is 0.784. The van der Waals surface area contributed by atoms with Crippen LogP contribution in [0.15, 0.2) is 36.7 Å². The van der Waals surface area contributed by atoms with Crippen molar-refractivity contribution < 1.29 is 18.0 Å². The van der Waals surface area contributed by atoms with Gasteiger partial charge in [0.25, 0.3) is 5.91 Å². The number of benzene rings is 1. The Kier molecular flexibility index (Phi) is 6.54. The van der Waals surface area contributed by atoms with Gasteiger partial charge in [-0.25, -0.2) is 9.97 Å². The maximum Gasteiger partial charge on any atom is 0.416 e. The van der Waals surface area contributed by atoms with Crippen molar-refractivity contribution in [3.8, 4) is 0 Å². The summed E-state index contributed by atoms with van der Waals surface area (Å²) < 4.78 is 37.8. The van der Waals surface area contributed by atoms with Crippen molar-refractivity contribution >= 4 is 17.4 Å². The van der Waals surface area contributed by atoms with Gasteiger partial charge in [-0.05, 0) is 37.1 Å². The zero-order valence-electron chi connectivity index (χ0n) is 14.7. The summed E-state index contributed by atoms with van der Waals surface area (Å²) in [5.41, 5.74) is -0.0400. The van der Waals surface area contributed by atoms with Gasteiger partial charge in [0.05, 0.1) is 5.56 Å². The van der Waals surface area contributed by atoms with Crippen LogP contribution in [0.3, 0.4) is 0 Å². The van der Waals surface area contributed by atoms with E-state index in [1.165, 1.54) is 24.5 Å². The average Bonchev–Trinajstić information content (AvgIpc) is 2.61. The smallest absolute Gasteiger partial charge is 0.340 e. The third-order valence-corrected chi connectivity index (χ3v) is 3.65. The van der Waals surface area contributed by atoms with Gasteiger partial charge in [-0.3, -0.25) is 4.79 Å². The number of amides is 1. The number of nitrogens with zero attached hydrogens (tertiary/aromatic N) is 3. The summed E-state index contributed by atoms with van der Waals surface area (Å²) in [4.78, 5) is 22.3. The van der Waals surface area contributed by atoms with Crippen LogP contribution in [-0.4, -0.2) is 33.9 Å². The number of hydrogen-bond donors (Lipinski definition) is 1. The lowest BCUT2D eigenvalue weighted by molar-refractivity contribution is -0.137. The maximum absolute atomic E-state index is 12.6. The van der Waals surface area contributed by atoms with Gasteiger partial charge in [-0.1, -0.05) is 13.8 Å². The van der Waals surface area contributed by atoms with Gasteiger partial charge in [0.1, 0.15) is 17.8 Å². The molecule has 1 aromatic heterocycles. The van der Waals surface area contributed by atoms with E-state index in [0.717, 1.165) is 25.0 Å². The standard InChI is InChI=1S/C18H21F3N4O/c1-3-9-25(10-4-2)17(26)15-11-16(23-12-22-15)24-14-7-5-13(6-8-14)18(19,20)21/h5-8,11-12H,3-4,9-10H2,1-2H3,(H,22,23,24). The van der Waals surface area contributed by atoms with Gasteiger partial charge in [0.2, 0.25) is 0 Å². The Morgan fingerprint density at radius 2 is 1.69 bits per heavy atom. The maximum atomic E-state index is 12.6. The highest BCUT2D eigenvalue weighted by Crippen LogP contribution is 2.30. The molecule has 26 heavy (non-hydrogen) atoms. The minimum absolute atomic E-state index is 0.188. The summed E-state index contributed by atoms with van der Waals surface area (Å²) in [5.74, 6) is 0.155. The molecule has 1 amide bonds. The molecule has 0 aliphatic rings. The molecule has 1 N–H and O–H groups in total. The third kappa shape index (κ3) is 5.18. The summed E-state index contributed by atoms with van der Waals surface area (Å²) in [6.45, 7) is 5.26. The van der Waals surface area contributed by atoms with Crippen molar-refractivity contribution in [2.45, 2.75) is 32.9 Å². The SMILES string of the molecule is CCCN(CCC)C(=O)c1cc(Nc2ccc(C(F)(F)F)cc2)ncn1. The van der Waals surface area contributed by atoms with Crippen molar-refractivity contribution in [3.05, 3.63) is 47.9 Å². The number of anilines is 2. The first-order chi connectivity index (χ1) is 12.3. The fourth-order valence-corrected chi connectivity index (χ4v) is 2.45. The highest BCUT2D eigenvalue weighted by atomic mass is 19.4. The number of nitrogens with one attached hydrogen (secondary N) is 1. The molecule has 0 saturated carbocycles. The molecule has 0 radical (unpaired) electrons. The predicted molar refractivity (Wildman–Crippen MR) is 93.2 cm³/mol. The van der Waals surface area contributed by atoms with E-state index in [0.29, 0.717) is 24.6 Å². The molecule has 2 aromatic rings. The molecular weight excluding hydrogens is 345 g/mol. The Bertz CT molecular complexity index is 726. The zero-order valence-corrected chi connectivity index (χ0v) is 14.7. The Morgan fingerprint density at radius 1 is 1.08 bits per heavy atom. The largest absolute Gasteiger partial charge is 0.416 e. The molecule has 0 aliphatic heterocycles. The van der Waals surface area contributed by atoms with Crippen LogP contribution >= 0.6 is 0 Å². The van der Waals surface area contributed by atoms with Gasteiger partial charge in [-0.15, -0.1) is 0 Å². The van der Waals surface area contributed by atoms with Crippen LogP contribution in [0, 0.1) is 0 Å². The Balaban J connectivity index is 2.14. The predicted octanol–water partition coefficient (Wildman–Crippen LogP) is 4.50. The number of alkyl halides is 3. The first-order valence-corrected chi connectivity index (χ1v) is 8.40. The molecular formula is C18H21F3N4O. The van der Waals surface area contributed by atoms with E-state index in [1.54, 1.807) is 4.90 Å². The molecule has 5 nitrogen and oxygen atoms in total. The van der Waals surface area contributed by atoms with Gasteiger partial charge in [0.15, 0.2) is 0 Å². The van der Waals surface area contributed by atoms with E-state index in [2.05, 4.69) is 15.3 Å². The third-order valence-electron chi connectivity index (χ3n) is 3.65. The summed E-state index contributed by atoms with van der Waals surface area (Å²) >= 11 is 0. The van der Waals surface area contributed by atoms with E-state index in [4.69, 9.17) is 0 Å². The second kappa shape index (κ2) is 8.64. The first-order valence-electron chi connectivity index (χ1n) is 8.40. The van der Waals surface area contributed by atoms with E-state index in [9.17, 15) is 18.0 Å². The second-order valence-electron chi connectivity index (χ2n) is 5.78. The van der Waals surface area contributed by atoms with Crippen LogP contribution in [-0.2, 0) is 6.18 Å².